The Morgan fingerprint density at radius 3 is 1.52 bits per heavy atom. The zero-order valence-corrected chi connectivity index (χ0v) is 55.7. The Balaban J connectivity index is 0.000000278. The molecule has 0 amide bonds. The fourth-order valence-corrected chi connectivity index (χ4v) is 18.6. The summed E-state index contributed by atoms with van der Waals surface area (Å²) in [7, 11) is -9.23. The topological polar surface area (TPSA) is 121 Å². The quantitative estimate of drug-likeness (QED) is 0.0252. The molecule has 0 spiro atoms. The first-order valence-electron chi connectivity index (χ1n) is 28.8. The summed E-state index contributed by atoms with van der Waals surface area (Å²) < 4.78 is 78.1. The van der Waals surface area contributed by atoms with E-state index in [9.17, 15) is 13.7 Å². The molecule has 0 fully saturated rings. The lowest BCUT2D eigenvalue weighted by molar-refractivity contribution is -0.688. The van der Waals surface area contributed by atoms with Crippen LogP contribution in [-0.4, -0.2) is 71.2 Å². The molecule has 0 atom stereocenters. The van der Waals surface area contributed by atoms with Crippen molar-refractivity contribution >= 4 is 91.4 Å². The summed E-state index contributed by atoms with van der Waals surface area (Å²) in [6.45, 7) is 18.7. The monoisotopic (exact) mass is 1260 g/mol. The molecule has 0 saturated heterocycles. The molecular formula is C65H87N4O9P3S3. The van der Waals surface area contributed by atoms with E-state index in [0.717, 1.165) is 51.0 Å². The van der Waals surface area contributed by atoms with E-state index >= 15 is 0 Å². The molecule has 4 heterocycles. The minimum absolute atomic E-state index is 0. The Kier molecular flexibility index (Phi) is 27.6. The van der Waals surface area contributed by atoms with Gasteiger partial charge in [0.1, 0.15) is 4.70 Å². The summed E-state index contributed by atoms with van der Waals surface area (Å²) in [5, 5.41) is 3.56. The van der Waals surface area contributed by atoms with Crippen LogP contribution < -0.4 is 18.9 Å². The molecule has 0 N–H and O–H groups in total. The normalized spacial score (nSPS) is 15.6. The molecule has 6 aromatic rings. The number of nitrogens with zero attached hydrogens (tertiary/aromatic N) is 4. The minimum Gasteiger partial charge on any atom is -0.358 e. The van der Waals surface area contributed by atoms with E-state index in [1.54, 1.807) is 34.9 Å². The van der Waals surface area contributed by atoms with Crippen molar-refractivity contribution in [2.75, 3.05) is 81.0 Å². The van der Waals surface area contributed by atoms with E-state index in [-0.39, 0.29) is 14.9 Å². The smallest absolute Gasteiger partial charge is 0.330 e. The first-order valence-corrected chi connectivity index (χ1v) is 36.5. The van der Waals surface area contributed by atoms with Crippen molar-refractivity contribution in [2.24, 2.45) is 0 Å². The second-order valence-corrected chi connectivity index (χ2v) is 29.4. The second kappa shape index (κ2) is 33.7. The summed E-state index contributed by atoms with van der Waals surface area (Å²) in [5.41, 5.74) is 10.0. The Bertz CT molecular complexity index is 3320. The molecule has 19 heteroatoms. The van der Waals surface area contributed by atoms with Crippen LogP contribution in [0.3, 0.4) is 0 Å². The van der Waals surface area contributed by atoms with Gasteiger partial charge in [-0.1, -0.05) is 102 Å². The third-order valence-electron chi connectivity index (χ3n) is 13.9. The van der Waals surface area contributed by atoms with Crippen LogP contribution in [0.15, 0.2) is 170 Å². The largest absolute Gasteiger partial charge is 0.358 e. The van der Waals surface area contributed by atoms with Gasteiger partial charge in [-0.25, -0.2) is 4.57 Å². The second-order valence-electron chi connectivity index (χ2n) is 19.6. The van der Waals surface area contributed by atoms with Gasteiger partial charge in [0.25, 0.3) is 5.01 Å². The van der Waals surface area contributed by atoms with Gasteiger partial charge in [-0.05, 0) is 139 Å². The van der Waals surface area contributed by atoms with Gasteiger partial charge in [0.2, 0.25) is 5.52 Å². The first kappa shape index (κ1) is 68.7. The van der Waals surface area contributed by atoms with Crippen LogP contribution in [0.1, 0.15) is 96.7 Å². The number of allylic oxidation sites excluding steroid dienone is 4. The molecule has 4 aromatic carbocycles. The van der Waals surface area contributed by atoms with Crippen molar-refractivity contribution in [1.82, 2.24) is 0 Å². The van der Waals surface area contributed by atoms with Crippen molar-refractivity contribution in [1.29, 1.82) is 0 Å². The highest BCUT2D eigenvalue weighted by Gasteiger charge is 2.32. The van der Waals surface area contributed by atoms with Gasteiger partial charge in [-0.3, -0.25) is 13.7 Å². The molecule has 0 unspecified atom stereocenters. The molecule has 13 nitrogen and oxygen atoms in total. The third kappa shape index (κ3) is 18.6. The Hall–Kier alpha value is -4.37. The third-order valence-corrected chi connectivity index (χ3v) is 23.8. The number of thioether (sulfide) groups is 2. The predicted molar refractivity (Wildman–Crippen MR) is 353 cm³/mol. The maximum Gasteiger partial charge on any atom is 0.330 e. The van der Waals surface area contributed by atoms with Crippen LogP contribution in [0, 0.1) is 14.9 Å². The minimum atomic E-state index is -3.10. The molecular weight excluding hydrogens is 1170 g/mol. The number of anilines is 2. The summed E-state index contributed by atoms with van der Waals surface area (Å²) >= 11 is 5.37. The number of fused-ring (bicyclic) bond motifs is 3. The van der Waals surface area contributed by atoms with Crippen molar-refractivity contribution in [3.8, 4) is 0 Å². The molecule has 0 saturated carbocycles. The predicted octanol–water partition coefficient (Wildman–Crippen LogP) is 17.9. The fraction of sp³-hybridized carbons (Fsp3) is 0.385. The SMILES string of the molecule is CCOP(=O)(CCCN1/C(=C/C2=C(C)C(=C/c3sc4ccccc4[n+]3CCCP(=O)(OCC)OCC)/CC2)Sc2ccccc21)OCC.CCOP(=O)(CCCN1C(=Cc2cc[n+](Cc3ccccc3)cc2)Sc2ccccc21)OCC.[CH3-].[CH3-]. The van der Waals surface area contributed by atoms with E-state index in [1.165, 1.54) is 68.7 Å². The molecule has 2 aliphatic heterocycles. The lowest BCUT2D eigenvalue weighted by atomic mass is 10.1. The standard InChI is InChI=1S/C36H49N2O6P2S2.C27H32N2O3PS.2CH3/c1-6-41-45(39,42-7-2)24-14-22-37-31-16-10-12-18-33(31)47-35(37)26-29-20-21-30(28(29)5)27-36-38(32-17-11-13-19-34(32)48-36)23-15-25-46(40,43-8-3)44-9-4;1-3-31-33(30,32-4-2)20-10-17-29-25-13-8-9-14-26(25)34-27(29)21-23-15-18-28(19-16-23)22-24-11-6-5-7-12-24;;/h10-13,16-19,26-27H,6-9,14-15,20-25H2,1-5H3;5-9,11-16,18-19,21H,3-4,10,17,20,22H2,1-2H3;2*1H3/q2*+1;2*-1. The lowest BCUT2D eigenvalue weighted by Gasteiger charge is -2.22. The lowest BCUT2D eigenvalue weighted by Crippen LogP contribution is -2.35. The summed E-state index contributed by atoms with van der Waals surface area (Å²) in [6.07, 6.45) is 16.4. The summed E-state index contributed by atoms with van der Waals surface area (Å²) in [4.78, 5) is 7.14. The van der Waals surface area contributed by atoms with Crippen molar-refractivity contribution in [2.45, 2.75) is 103 Å². The van der Waals surface area contributed by atoms with E-state index in [0.29, 0.717) is 71.0 Å². The highest BCUT2D eigenvalue weighted by molar-refractivity contribution is 8.04. The van der Waals surface area contributed by atoms with E-state index in [4.69, 9.17) is 27.1 Å². The van der Waals surface area contributed by atoms with Gasteiger partial charge >= 0.3 is 22.8 Å². The number of thiazole rings is 1. The Morgan fingerprint density at radius 2 is 1.00 bits per heavy atom. The highest BCUT2D eigenvalue weighted by Crippen LogP contribution is 2.53. The molecule has 454 valence electrons. The van der Waals surface area contributed by atoms with Crippen molar-refractivity contribution < 1.29 is 50.0 Å². The number of hydrogen-bond acceptors (Lipinski definition) is 14. The summed E-state index contributed by atoms with van der Waals surface area (Å²) in [5.74, 6) is 0. The number of pyridine rings is 1. The highest BCUT2D eigenvalue weighted by atomic mass is 32.2. The first-order chi connectivity index (χ1) is 39.8. The number of rotatable bonds is 29. The van der Waals surface area contributed by atoms with Crippen LogP contribution in [0.4, 0.5) is 11.4 Å². The van der Waals surface area contributed by atoms with Crippen LogP contribution in [-0.2, 0) is 53.9 Å². The fourth-order valence-electron chi connectivity index (χ4n) is 10.2. The van der Waals surface area contributed by atoms with Crippen LogP contribution in [0.5, 0.6) is 0 Å². The number of hydrogen-bond donors (Lipinski definition) is 0. The zero-order valence-electron chi connectivity index (χ0n) is 50.6. The average molecular weight is 1260 g/mol. The Labute approximate surface area is 514 Å². The molecule has 0 bridgehead atoms. The molecule has 3 aliphatic rings. The van der Waals surface area contributed by atoms with Gasteiger partial charge in [0.05, 0.1) is 79.6 Å². The van der Waals surface area contributed by atoms with Gasteiger partial charge in [-0.2, -0.15) is 4.57 Å². The zero-order chi connectivity index (χ0) is 58.0. The maximum atomic E-state index is 13.1. The van der Waals surface area contributed by atoms with Crippen LogP contribution >= 0.6 is 57.6 Å². The molecule has 9 rings (SSSR count). The Morgan fingerprint density at radius 1 is 0.536 bits per heavy atom. The maximum absolute atomic E-state index is 13.1. The van der Waals surface area contributed by atoms with Gasteiger partial charge in [0, 0.05) is 59.1 Å². The van der Waals surface area contributed by atoms with E-state index in [2.05, 4.69) is 166 Å². The van der Waals surface area contributed by atoms with Crippen molar-refractivity contribution in [3.05, 3.63) is 191 Å². The van der Waals surface area contributed by atoms with E-state index in [1.807, 2.05) is 47.6 Å². The van der Waals surface area contributed by atoms with Gasteiger partial charge in [-0.15, -0.1) is 0 Å². The van der Waals surface area contributed by atoms with Gasteiger partial charge < -0.3 is 51.8 Å². The van der Waals surface area contributed by atoms with Gasteiger partial charge in [0.15, 0.2) is 25.5 Å². The molecule has 2 aromatic heterocycles. The molecule has 1 aliphatic carbocycles. The number of para-hydroxylation sites is 3. The molecule has 84 heavy (non-hydrogen) atoms. The van der Waals surface area contributed by atoms with E-state index < -0.39 is 22.8 Å². The van der Waals surface area contributed by atoms with Crippen LogP contribution in [0.25, 0.3) is 22.4 Å². The number of benzene rings is 4. The molecule has 0 radical (unpaired) electrons. The average Bonchev–Trinajstić information content (AvgIpc) is 3.21. The summed E-state index contributed by atoms with van der Waals surface area (Å²) in [6, 6.07) is 40.2. The van der Waals surface area contributed by atoms with Crippen LogP contribution in [0.2, 0.25) is 0 Å². The number of aromatic nitrogens is 2. The van der Waals surface area contributed by atoms with Crippen molar-refractivity contribution in [3.63, 3.8) is 0 Å². The number of aryl methyl sites for hydroxylation is 1.